The van der Waals surface area contributed by atoms with Crippen LogP contribution in [0.5, 0.6) is 0 Å². The number of halogens is 1. The van der Waals surface area contributed by atoms with Gasteiger partial charge in [-0.3, -0.25) is 0 Å². The summed E-state index contributed by atoms with van der Waals surface area (Å²) in [7, 11) is 1.95. The van der Waals surface area contributed by atoms with Crippen molar-refractivity contribution in [2.45, 2.75) is 38.3 Å². The maximum atomic E-state index is 6.46. The standard InChI is InChI=1S/C23H27ClN2S2/c1-4-11-28-16(2)18-12-19(14-20(24)13-18)23(9-10-23)26-22(27)21-8-6-5-7-17(21)15-25-3/h5-8,12-14,25H,2,4,9-11,15H2,1,3H3,(H,26,27). The number of thiocarbonyl (C=S) groups is 1. The lowest BCUT2D eigenvalue weighted by molar-refractivity contribution is 0.650. The maximum Gasteiger partial charge on any atom is 0.107 e. The Labute approximate surface area is 183 Å². The van der Waals surface area contributed by atoms with Gasteiger partial charge in [-0.25, -0.2) is 0 Å². The molecule has 148 valence electrons. The van der Waals surface area contributed by atoms with E-state index in [-0.39, 0.29) is 5.54 Å². The molecule has 2 nitrogen and oxygen atoms in total. The maximum absolute atomic E-state index is 6.46. The number of rotatable bonds is 9. The molecule has 2 aromatic rings. The third-order valence-corrected chi connectivity index (χ3v) is 6.72. The Morgan fingerprint density at radius 3 is 2.68 bits per heavy atom. The van der Waals surface area contributed by atoms with Gasteiger partial charge in [0.2, 0.25) is 0 Å². The lowest BCUT2D eigenvalue weighted by Crippen LogP contribution is -2.35. The van der Waals surface area contributed by atoms with Crippen LogP contribution in [-0.4, -0.2) is 17.8 Å². The van der Waals surface area contributed by atoms with Gasteiger partial charge in [0.25, 0.3) is 0 Å². The van der Waals surface area contributed by atoms with Crippen molar-refractivity contribution in [1.29, 1.82) is 0 Å². The molecule has 0 saturated heterocycles. The first-order chi connectivity index (χ1) is 13.5. The summed E-state index contributed by atoms with van der Waals surface area (Å²) in [6, 6.07) is 14.6. The lowest BCUT2D eigenvalue weighted by Gasteiger charge is -2.22. The molecule has 5 heteroatoms. The quantitative estimate of drug-likeness (QED) is 0.467. The second-order valence-electron chi connectivity index (χ2n) is 7.22. The average Bonchev–Trinajstić information content (AvgIpc) is 3.47. The van der Waals surface area contributed by atoms with E-state index in [4.69, 9.17) is 23.8 Å². The van der Waals surface area contributed by atoms with E-state index < -0.39 is 0 Å². The zero-order chi connectivity index (χ0) is 20.1. The lowest BCUT2D eigenvalue weighted by atomic mass is 10.0. The third kappa shape index (κ3) is 4.98. The minimum atomic E-state index is -0.126. The predicted octanol–water partition coefficient (Wildman–Crippen LogP) is 6.13. The fourth-order valence-corrected chi connectivity index (χ4v) is 4.68. The highest BCUT2D eigenvalue weighted by atomic mass is 35.5. The van der Waals surface area contributed by atoms with Gasteiger partial charge in [-0.15, -0.1) is 11.8 Å². The number of benzene rings is 2. The molecule has 0 spiro atoms. The van der Waals surface area contributed by atoms with E-state index in [2.05, 4.69) is 54.5 Å². The minimum Gasteiger partial charge on any atom is -0.366 e. The van der Waals surface area contributed by atoms with Crippen LogP contribution in [0.2, 0.25) is 5.02 Å². The molecular formula is C23H27ClN2S2. The summed E-state index contributed by atoms with van der Waals surface area (Å²) in [5.74, 6) is 1.07. The normalized spacial score (nSPS) is 14.5. The van der Waals surface area contributed by atoms with E-state index >= 15 is 0 Å². The Balaban J connectivity index is 1.83. The van der Waals surface area contributed by atoms with Crippen molar-refractivity contribution < 1.29 is 0 Å². The van der Waals surface area contributed by atoms with Crippen LogP contribution >= 0.6 is 35.6 Å². The molecule has 1 saturated carbocycles. The fourth-order valence-electron chi connectivity index (χ4n) is 3.32. The number of hydrogen-bond acceptors (Lipinski definition) is 3. The Bertz CT molecular complexity index is 875. The van der Waals surface area contributed by atoms with Crippen LogP contribution in [0.15, 0.2) is 49.0 Å². The first kappa shape index (κ1) is 21.4. The highest BCUT2D eigenvalue weighted by molar-refractivity contribution is 8.08. The van der Waals surface area contributed by atoms with E-state index in [9.17, 15) is 0 Å². The van der Waals surface area contributed by atoms with Gasteiger partial charge in [-0.05, 0) is 67.0 Å². The molecule has 0 bridgehead atoms. The fraction of sp³-hybridized carbons (Fsp3) is 0.348. The first-order valence-electron chi connectivity index (χ1n) is 9.67. The number of nitrogens with one attached hydrogen (secondary N) is 2. The highest BCUT2D eigenvalue weighted by Crippen LogP contribution is 2.47. The molecule has 0 aliphatic heterocycles. The van der Waals surface area contributed by atoms with Crippen LogP contribution in [0.25, 0.3) is 4.91 Å². The van der Waals surface area contributed by atoms with E-state index in [1.807, 2.05) is 19.2 Å². The second-order valence-corrected chi connectivity index (χ2v) is 9.26. The van der Waals surface area contributed by atoms with Crippen molar-refractivity contribution in [1.82, 2.24) is 10.6 Å². The van der Waals surface area contributed by atoms with E-state index in [0.29, 0.717) is 0 Å². The molecule has 28 heavy (non-hydrogen) atoms. The largest absolute Gasteiger partial charge is 0.366 e. The molecule has 0 atom stereocenters. The van der Waals surface area contributed by atoms with Crippen molar-refractivity contribution in [3.05, 3.63) is 76.3 Å². The van der Waals surface area contributed by atoms with Crippen molar-refractivity contribution in [2.75, 3.05) is 12.8 Å². The monoisotopic (exact) mass is 430 g/mol. The van der Waals surface area contributed by atoms with E-state index in [1.165, 1.54) is 11.1 Å². The Morgan fingerprint density at radius 2 is 2.00 bits per heavy atom. The van der Waals surface area contributed by atoms with Crippen LogP contribution < -0.4 is 10.6 Å². The van der Waals surface area contributed by atoms with Crippen LogP contribution in [0.3, 0.4) is 0 Å². The third-order valence-electron chi connectivity index (χ3n) is 4.98. The molecule has 2 aromatic carbocycles. The molecule has 3 rings (SSSR count). The van der Waals surface area contributed by atoms with Crippen molar-refractivity contribution in [3.8, 4) is 0 Å². The molecule has 1 aliphatic rings. The zero-order valence-electron chi connectivity index (χ0n) is 16.5. The molecule has 1 aliphatic carbocycles. The summed E-state index contributed by atoms with van der Waals surface area (Å²) in [4.78, 5) is 1.87. The zero-order valence-corrected chi connectivity index (χ0v) is 18.9. The van der Waals surface area contributed by atoms with Gasteiger partial charge in [-0.2, -0.15) is 0 Å². The second kappa shape index (κ2) is 9.45. The highest BCUT2D eigenvalue weighted by Gasteiger charge is 2.45. The van der Waals surface area contributed by atoms with Crippen LogP contribution in [0, 0.1) is 0 Å². The molecule has 0 amide bonds. The molecular weight excluding hydrogens is 404 g/mol. The molecule has 0 unspecified atom stereocenters. The van der Waals surface area contributed by atoms with Gasteiger partial charge in [0, 0.05) is 22.0 Å². The van der Waals surface area contributed by atoms with Crippen molar-refractivity contribution in [3.63, 3.8) is 0 Å². The van der Waals surface area contributed by atoms with Crippen molar-refractivity contribution in [2.24, 2.45) is 0 Å². The van der Waals surface area contributed by atoms with Gasteiger partial charge >= 0.3 is 0 Å². The van der Waals surface area contributed by atoms with Gasteiger partial charge in [0.15, 0.2) is 0 Å². The summed E-state index contributed by atoms with van der Waals surface area (Å²) in [5.41, 5.74) is 4.47. The predicted molar refractivity (Wildman–Crippen MR) is 128 cm³/mol. The Morgan fingerprint density at radius 1 is 1.25 bits per heavy atom. The molecule has 0 heterocycles. The molecule has 2 N–H and O–H groups in total. The Kier molecular flexibility index (Phi) is 7.21. The van der Waals surface area contributed by atoms with Crippen LogP contribution in [-0.2, 0) is 12.1 Å². The summed E-state index contributed by atoms with van der Waals surface area (Å²) >= 11 is 14.0. The topological polar surface area (TPSA) is 24.1 Å². The summed E-state index contributed by atoms with van der Waals surface area (Å²) < 4.78 is 0. The average molecular weight is 431 g/mol. The van der Waals surface area contributed by atoms with E-state index in [0.717, 1.165) is 57.6 Å². The summed E-state index contributed by atoms with van der Waals surface area (Å²) in [6.07, 6.45) is 3.23. The van der Waals surface area contributed by atoms with Gasteiger partial charge in [0.1, 0.15) is 4.99 Å². The van der Waals surface area contributed by atoms with Crippen LogP contribution in [0.4, 0.5) is 0 Å². The Hall–Kier alpha value is -1.33. The number of thioether (sulfide) groups is 1. The van der Waals surface area contributed by atoms with Gasteiger partial charge < -0.3 is 10.6 Å². The summed E-state index contributed by atoms with van der Waals surface area (Å²) in [5, 5.41) is 7.61. The number of hydrogen-bond donors (Lipinski definition) is 2. The SMILES string of the molecule is C=C(SCCC)c1cc(Cl)cc(C2(NC(=S)c3ccccc3CNC)CC2)c1. The van der Waals surface area contributed by atoms with E-state index in [1.54, 1.807) is 11.8 Å². The smallest absolute Gasteiger partial charge is 0.107 e. The summed E-state index contributed by atoms with van der Waals surface area (Å²) in [6.45, 7) is 7.21. The molecule has 0 aromatic heterocycles. The minimum absolute atomic E-state index is 0.126. The van der Waals surface area contributed by atoms with Gasteiger partial charge in [0.05, 0.1) is 5.54 Å². The van der Waals surface area contributed by atoms with Crippen LogP contribution in [0.1, 0.15) is 48.4 Å². The first-order valence-corrected chi connectivity index (χ1v) is 11.4. The van der Waals surface area contributed by atoms with Crippen molar-refractivity contribution >= 4 is 45.5 Å². The van der Waals surface area contributed by atoms with Gasteiger partial charge in [-0.1, -0.05) is 61.6 Å². The molecule has 1 fully saturated rings. The molecule has 0 radical (unpaired) electrons.